The summed E-state index contributed by atoms with van der Waals surface area (Å²) in [7, 11) is 2.07. The number of anilines is 2. The highest BCUT2D eigenvalue weighted by Gasteiger charge is 2.11. The number of allylic oxidation sites excluding steroid dienone is 4. The maximum Gasteiger partial charge on any atom is 0.0540 e. The van der Waals surface area contributed by atoms with E-state index >= 15 is 0 Å². The van der Waals surface area contributed by atoms with Gasteiger partial charge >= 0.3 is 0 Å². The molecule has 0 saturated carbocycles. The van der Waals surface area contributed by atoms with E-state index in [4.69, 9.17) is 0 Å². The molecule has 0 bridgehead atoms. The van der Waals surface area contributed by atoms with Crippen LogP contribution in [0.3, 0.4) is 0 Å². The molecule has 2 aromatic heterocycles. The second kappa shape index (κ2) is 12.6. The molecule has 0 amide bonds. The molecular weight excluding hydrogens is 565 g/mol. The van der Waals surface area contributed by atoms with Crippen LogP contribution in [0.25, 0.3) is 49.4 Å². The lowest BCUT2D eigenvalue weighted by molar-refractivity contribution is 1.07. The number of nitrogens with zero attached hydrogens (tertiary/aromatic N) is 2. The molecular formula is C42H32N2S. The van der Waals surface area contributed by atoms with Gasteiger partial charge in [0.05, 0.1) is 10.9 Å². The summed E-state index contributed by atoms with van der Waals surface area (Å²) < 4.78 is 4.97. The Balaban J connectivity index is 0.000000195. The molecule has 0 spiro atoms. The first-order valence-electron chi connectivity index (χ1n) is 15.1. The van der Waals surface area contributed by atoms with Crippen LogP contribution >= 0.6 is 11.3 Å². The van der Waals surface area contributed by atoms with Crippen molar-refractivity contribution in [3.05, 3.63) is 173 Å². The predicted octanol–water partition coefficient (Wildman–Crippen LogP) is 9.84. The summed E-state index contributed by atoms with van der Waals surface area (Å²) in [4.78, 5) is 2.17. The zero-order valence-corrected chi connectivity index (χ0v) is 26.0. The Morgan fingerprint density at radius 1 is 0.689 bits per heavy atom. The van der Waals surface area contributed by atoms with Gasteiger partial charge in [0.2, 0.25) is 0 Å². The van der Waals surface area contributed by atoms with Crippen molar-refractivity contribution in [2.45, 2.75) is 6.42 Å². The van der Waals surface area contributed by atoms with Gasteiger partial charge in [-0.1, -0.05) is 96.9 Å². The molecule has 0 N–H and O–H groups in total. The molecule has 45 heavy (non-hydrogen) atoms. The summed E-state index contributed by atoms with van der Waals surface area (Å²) in [6.45, 7) is 4.44. The van der Waals surface area contributed by atoms with E-state index in [1.807, 2.05) is 35.6 Å². The normalized spacial score (nSPS) is 13.5. The Labute approximate surface area is 267 Å². The van der Waals surface area contributed by atoms with Crippen molar-refractivity contribution in [3.8, 4) is 5.69 Å². The minimum absolute atomic E-state index is 0.878. The zero-order valence-electron chi connectivity index (χ0n) is 25.2. The van der Waals surface area contributed by atoms with Gasteiger partial charge in [-0.05, 0) is 84.8 Å². The van der Waals surface area contributed by atoms with Gasteiger partial charge in [0.1, 0.15) is 0 Å². The van der Waals surface area contributed by atoms with Gasteiger partial charge in [-0.15, -0.1) is 11.3 Å². The smallest absolute Gasteiger partial charge is 0.0540 e. The number of hydrogen-bond donors (Lipinski definition) is 0. The van der Waals surface area contributed by atoms with Crippen LogP contribution in [0, 0.1) is 0 Å². The van der Waals surface area contributed by atoms with Crippen LogP contribution in [-0.2, 0) is 0 Å². The maximum absolute atomic E-state index is 4.44. The van der Waals surface area contributed by atoms with E-state index in [1.54, 1.807) is 0 Å². The van der Waals surface area contributed by atoms with E-state index in [0.717, 1.165) is 22.7 Å². The molecule has 0 aliphatic heterocycles. The van der Waals surface area contributed by atoms with Crippen LogP contribution in [0.15, 0.2) is 163 Å². The lowest BCUT2D eigenvalue weighted by atomic mass is 10.1. The van der Waals surface area contributed by atoms with Crippen molar-refractivity contribution in [1.29, 1.82) is 0 Å². The Morgan fingerprint density at radius 3 is 2.04 bits per heavy atom. The number of hydrogen-bond acceptors (Lipinski definition) is 2. The topological polar surface area (TPSA) is 8.17 Å². The minimum atomic E-state index is 0.878. The van der Waals surface area contributed by atoms with Crippen LogP contribution < -0.4 is 15.5 Å². The van der Waals surface area contributed by atoms with Crippen molar-refractivity contribution in [2.75, 3.05) is 11.9 Å². The Kier molecular flexibility index (Phi) is 7.89. The third kappa shape index (κ3) is 5.72. The van der Waals surface area contributed by atoms with E-state index < -0.39 is 0 Å². The second-order valence-corrected chi connectivity index (χ2v) is 12.1. The third-order valence-corrected chi connectivity index (χ3v) is 9.31. The standard InChI is InChI=1S/C29H19NS.C13H13N/c1-20-23-11-5-7-13-27(23)30(26(20)17-15-21-9-3-2-4-10-21)22-16-18-29-25(19-22)24-12-6-8-14-28(24)31-29;1-14(12-8-4-2-5-9-12)13-10-6-3-7-11-13/h3,5-8,10-19H,1,9H2;2-11H,1H3/b21-15+,26-17+;. The van der Waals surface area contributed by atoms with Crippen LogP contribution in [0.4, 0.5) is 11.4 Å². The first kappa shape index (κ1) is 28.2. The van der Waals surface area contributed by atoms with E-state index in [9.17, 15) is 0 Å². The van der Waals surface area contributed by atoms with Gasteiger partial charge < -0.3 is 9.47 Å². The summed E-state index contributed by atoms with van der Waals surface area (Å²) in [6.07, 6.45) is 9.24. The fourth-order valence-electron chi connectivity index (χ4n) is 5.81. The molecule has 3 heteroatoms. The Bertz CT molecular complexity index is 2360. The van der Waals surface area contributed by atoms with Gasteiger partial charge in [0.25, 0.3) is 0 Å². The Morgan fingerprint density at radius 2 is 1.33 bits per heavy atom. The van der Waals surface area contributed by atoms with Crippen molar-refractivity contribution in [3.63, 3.8) is 0 Å². The average Bonchev–Trinajstić information content (AvgIpc) is 3.62. The quantitative estimate of drug-likeness (QED) is 0.184. The summed E-state index contributed by atoms with van der Waals surface area (Å²) in [5.74, 6) is 0. The molecule has 7 aromatic rings. The van der Waals surface area contributed by atoms with Gasteiger partial charge in [-0.3, -0.25) is 0 Å². The second-order valence-electron chi connectivity index (χ2n) is 11.0. The van der Waals surface area contributed by atoms with Gasteiger partial charge in [0, 0.05) is 54.9 Å². The van der Waals surface area contributed by atoms with Crippen LogP contribution in [-0.4, -0.2) is 11.6 Å². The molecule has 2 nitrogen and oxygen atoms in total. The van der Waals surface area contributed by atoms with Crippen molar-refractivity contribution >= 4 is 66.4 Å². The summed E-state index contributed by atoms with van der Waals surface area (Å²) in [5, 5.41) is 5.96. The first-order valence-corrected chi connectivity index (χ1v) is 15.9. The molecule has 1 aliphatic rings. The summed E-state index contributed by atoms with van der Waals surface area (Å²) in [5.41, 5.74) is 12.0. The van der Waals surface area contributed by atoms with Crippen molar-refractivity contribution in [1.82, 2.24) is 4.57 Å². The molecule has 1 aliphatic carbocycles. The fraction of sp³-hybridized carbons (Fsp3) is 0.0476. The predicted molar refractivity (Wildman–Crippen MR) is 195 cm³/mol. The molecule has 8 rings (SSSR count). The number of benzene rings is 5. The molecule has 216 valence electrons. The largest absolute Gasteiger partial charge is 0.345 e. The lowest BCUT2D eigenvalue weighted by Gasteiger charge is -2.18. The van der Waals surface area contributed by atoms with E-state index in [0.29, 0.717) is 0 Å². The first-order chi connectivity index (χ1) is 22.2. The number of rotatable bonds is 4. The fourth-order valence-corrected chi connectivity index (χ4v) is 6.89. The van der Waals surface area contributed by atoms with E-state index in [-0.39, 0.29) is 0 Å². The lowest BCUT2D eigenvalue weighted by Crippen LogP contribution is -2.27. The highest BCUT2D eigenvalue weighted by atomic mass is 32.1. The summed E-state index contributed by atoms with van der Waals surface area (Å²) >= 11 is 1.85. The SMILES string of the molecule is C=c1/c(=C\C=C2\C=C=C=CC2)n(-c2ccc3sc4ccccc4c3c2)c2ccccc12.CN(c1ccccc1)c1ccccc1. The summed E-state index contributed by atoms with van der Waals surface area (Å²) in [6, 6.07) is 44.6. The van der Waals surface area contributed by atoms with E-state index in [1.165, 1.54) is 48.0 Å². The van der Waals surface area contributed by atoms with E-state index in [2.05, 4.69) is 162 Å². The molecule has 2 heterocycles. The molecule has 0 atom stereocenters. The van der Waals surface area contributed by atoms with Crippen LogP contribution in [0.1, 0.15) is 6.42 Å². The van der Waals surface area contributed by atoms with Crippen molar-refractivity contribution < 1.29 is 0 Å². The van der Waals surface area contributed by atoms with Gasteiger partial charge in [-0.2, -0.15) is 0 Å². The van der Waals surface area contributed by atoms with Crippen molar-refractivity contribution in [2.24, 2.45) is 0 Å². The van der Waals surface area contributed by atoms with Crippen LogP contribution in [0.2, 0.25) is 0 Å². The molecule has 0 radical (unpaired) electrons. The highest BCUT2D eigenvalue weighted by molar-refractivity contribution is 7.25. The molecule has 0 fully saturated rings. The maximum atomic E-state index is 4.44. The number of aromatic nitrogens is 1. The monoisotopic (exact) mass is 596 g/mol. The minimum Gasteiger partial charge on any atom is -0.345 e. The molecule has 0 unspecified atom stereocenters. The Hall–Kier alpha value is -5.56. The number of fused-ring (bicyclic) bond motifs is 4. The van der Waals surface area contributed by atoms with Gasteiger partial charge in [0.15, 0.2) is 0 Å². The number of thiophene rings is 1. The third-order valence-electron chi connectivity index (χ3n) is 8.16. The molecule has 0 saturated heterocycles. The zero-order chi connectivity index (χ0) is 30.6. The molecule has 5 aromatic carbocycles. The van der Waals surface area contributed by atoms with Gasteiger partial charge in [-0.25, -0.2) is 0 Å². The highest BCUT2D eigenvalue weighted by Crippen LogP contribution is 2.35. The van der Waals surface area contributed by atoms with Crippen LogP contribution in [0.5, 0.6) is 0 Å². The number of para-hydroxylation sites is 3. The average molecular weight is 597 g/mol.